The number of hydrogen-bond donors (Lipinski definition) is 0. The number of rotatable bonds is 7. The molecule has 0 saturated heterocycles. The van der Waals surface area contributed by atoms with E-state index in [0.29, 0.717) is 18.0 Å². The van der Waals surface area contributed by atoms with Crippen LogP contribution in [-0.2, 0) is 18.4 Å². The molecule has 26 heavy (non-hydrogen) atoms. The molecule has 2 aromatic carbocycles. The first-order valence-corrected chi connectivity index (χ1v) is 8.66. The van der Waals surface area contributed by atoms with Crippen LogP contribution in [0.3, 0.4) is 0 Å². The van der Waals surface area contributed by atoms with Crippen LogP contribution in [0.5, 0.6) is 5.75 Å². The van der Waals surface area contributed by atoms with Gasteiger partial charge in [0.05, 0.1) is 19.7 Å². The van der Waals surface area contributed by atoms with Crippen LogP contribution >= 0.6 is 11.6 Å². The number of benzene rings is 2. The normalized spacial score (nSPS) is 13.0. The molecule has 1 heterocycles. The number of methoxy groups -OCH3 is 1. The van der Waals surface area contributed by atoms with Crippen molar-refractivity contribution in [2.24, 2.45) is 0 Å². The molecule has 0 N–H and O–H groups in total. The Bertz CT molecular complexity index is 870. The van der Waals surface area contributed by atoms with Crippen molar-refractivity contribution in [2.45, 2.75) is 24.8 Å². The molecule has 1 unspecified atom stereocenters. The van der Waals surface area contributed by atoms with Crippen LogP contribution in [0.1, 0.15) is 17.5 Å². The van der Waals surface area contributed by atoms with Gasteiger partial charge in [-0.15, -0.1) is 0 Å². The first-order valence-electron chi connectivity index (χ1n) is 8.28. The Kier molecular flexibility index (Phi) is 5.55. The molecular weight excluding hydrogens is 348 g/mol. The van der Waals surface area contributed by atoms with E-state index >= 15 is 0 Å². The predicted molar refractivity (Wildman–Crippen MR) is 100 cm³/mol. The van der Waals surface area contributed by atoms with E-state index in [4.69, 9.17) is 16.3 Å². The topological polar surface area (TPSA) is 63.7 Å². The Morgan fingerprint density at radius 2 is 1.88 bits per heavy atom. The molecule has 0 fully saturated rings. The molecule has 3 aromatic rings. The fraction of sp³-hybridized carbons (Fsp3) is 0.250. The molecule has 0 aliphatic heterocycles. The molecule has 5 nitrogen and oxygen atoms in total. The second-order valence-corrected chi connectivity index (χ2v) is 6.58. The maximum absolute atomic E-state index is 10.1. The molecular formula is C20H19ClN4O. The van der Waals surface area contributed by atoms with Gasteiger partial charge in [-0.3, -0.25) is 4.68 Å². The summed E-state index contributed by atoms with van der Waals surface area (Å²) in [5.41, 5.74) is 1.35. The second-order valence-electron chi connectivity index (χ2n) is 6.14. The first-order chi connectivity index (χ1) is 12.6. The van der Waals surface area contributed by atoms with Crippen LogP contribution in [0.25, 0.3) is 0 Å². The van der Waals surface area contributed by atoms with Crippen molar-refractivity contribution < 1.29 is 4.74 Å². The minimum absolute atomic E-state index is 0.432. The smallest absolute Gasteiger partial charge is 0.137 e. The summed E-state index contributed by atoms with van der Waals surface area (Å²) in [6.07, 6.45) is 4.52. The molecule has 1 aromatic heterocycles. The van der Waals surface area contributed by atoms with Crippen LogP contribution in [0, 0.1) is 11.3 Å². The number of ether oxygens (including phenoxy) is 1. The summed E-state index contributed by atoms with van der Waals surface area (Å²) in [7, 11) is 1.65. The second kappa shape index (κ2) is 8.03. The van der Waals surface area contributed by atoms with E-state index in [-0.39, 0.29) is 0 Å². The summed E-state index contributed by atoms with van der Waals surface area (Å²) in [4.78, 5) is 3.99. The molecule has 3 rings (SSSR count). The average Bonchev–Trinajstić information content (AvgIpc) is 3.19. The Morgan fingerprint density at radius 3 is 2.46 bits per heavy atom. The summed E-state index contributed by atoms with van der Waals surface area (Å²) in [5, 5.41) is 14.9. The number of nitriles is 1. The molecule has 0 aliphatic carbocycles. The monoisotopic (exact) mass is 366 g/mol. The van der Waals surface area contributed by atoms with Gasteiger partial charge in [0.15, 0.2) is 0 Å². The van der Waals surface area contributed by atoms with Crippen LogP contribution in [-0.4, -0.2) is 21.9 Å². The van der Waals surface area contributed by atoms with E-state index in [9.17, 15) is 5.26 Å². The third-order valence-electron chi connectivity index (χ3n) is 4.51. The van der Waals surface area contributed by atoms with Crippen LogP contribution in [0.15, 0.2) is 61.2 Å². The van der Waals surface area contributed by atoms with Crippen molar-refractivity contribution in [3.8, 4) is 11.8 Å². The van der Waals surface area contributed by atoms with Gasteiger partial charge in [-0.1, -0.05) is 35.9 Å². The number of hydrogen-bond acceptors (Lipinski definition) is 4. The third-order valence-corrected chi connectivity index (χ3v) is 4.76. The molecule has 1 atom stereocenters. The van der Waals surface area contributed by atoms with Crippen LogP contribution in [0.2, 0.25) is 5.02 Å². The Balaban J connectivity index is 1.88. The van der Waals surface area contributed by atoms with Gasteiger partial charge in [0.2, 0.25) is 0 Å². The molecule has 0 aliphatic rings. The number of aryl methyl sites for hydroxylation is 1. The highest BCUT2D eigenvalue weighted by Gasteiger charge is 2.33. The van der Waals surface area contributed by atoms with Gasteiger partial charge < -0.3 is 4.74 Å². The van der Waals surface area contributed by atoms with Gasteiger partial charge in [0.1, 0.15) is 23.8 Å². The van der Waals surface area contributed by atoms with E-state index < -0.39 is 5.41 Å². The lowest BCUT2D eigenvalue weighted by atomic mass is 9.77. The summed E-state index contributed by atoms with van der Waals surface area (Å²) in [5.74, 6) is 0.820. The lowest BCUT2D eigenvalue weighted by molar-refractivity contribution is 0.401. The SMILES string of the molecule is COc1ccc(CCC(C#N)(Cn2cncn2)c2ccc(Cl)cc2)cc1. The quantitative estimate of drug-likeness (QED) is 0.633. The minimum atomic E-state index is -0.724. The highest BCUT2D eigenvalue weighted by molar-refractivity contribution is 6.30. The fourth-order valence-corrected chi connectivity index (χ4v) is 3.11. The van der Waals surface area contributed by atoms with Crippen molar-refractivity contribution in [1.29, 1.82) is 5.26 Å². The maximum atomic E-state index is 10.1. The summed E-state index contributed by atoms with van der Waals surface area (Å²) >= 11 is 6.03. The summed E-state index contributed by atoms with van der Waals surface area (Å²) < 4.78 is 6.90. The van der Waals surface area contributed by atoms with Crippen molar-refractivity contribution in [3.63, 3.8) is 0 Å². The van der Waals surface area contributed by atoms with Crippen molar-refractivity contribution in [1.82, 2.24) is 14.8 Å². The lowest BCUT2D eigenvalue weighted by Gasteiger charge is -2.27. The molecule has 0 spiro atoms. The van der Waals surface area contributed by atoms with Crippen molar-refractivity contribution in [3.05, 3.63) is 77.3 Å². The predicted octanol–water partition coefficient (Wildman–Crippen LogP) is 4.03. The Morgan fingerprint density at radius 1 is 1.15 bits per heavy atom. The fourth-order valence-electron chi connectivity index (χ4n) is 2.98. The highest BCUT2D eigenvalue weighted by atomic mass is 35.5. The minimum Gasteiger partial charge on any atom is -0.497 e. The van der Waals surface area contributed by atoms with Crippen LogP contribution in [0.4, 0.5) is 0 Å². The maximum Gasteiger partial charge on any atom is 0.137 e. The number of halogens is 1. The standard InChI is InChI=1S/C20H19ClN4O/c1-26-19-8-2-16(3-9-19)10-11-20(12-22,13-25-15-23-14-24-25)17-4-6-18(21)7-5-17/h2-9,14-15H,10-11,13H2,1H3. The molecule has 132 valence electrons. The molecule has 0 bridgehead atoms. The van der Waals surface area contributed by atoms with E-state index in [0.717, 1.165) is 23.3 Å². The number of aromatic nitrogens is 3. The molecule has 0 saturated carbocycles. The van der Waals surface area contributed by atoms with E-state index in [1.165, 1.54) is 6.33 Å². The van der Waals surface area contributed by atoms with Gasteiger partial charge in [-0.25, -0.2) is 4.98 Å². The van der Waals surface area contributed by atoms with E-state index in [1.54, 1.807) is 18.1 Å². The summed E-state index contributed by atoms with van der Waals surface area (Å²) in [6.45, 7) is 0.432. The zero-order valence-electron chi connectivity index (χ0n) is 14.5. The third kappa shape index (κ3) is 4.04. The molecule has 0 radical (unpaired) electrons. The van der Waals surface area contributed by atoms with E-state index in [1.807, 2.05) is 48.5 Å². The number of nitrogens with zero attached hydrogens (tertiary/aromatic N) is 4. The van der Waals surface area contributed by atoms with Crippen molar-refractivity contribution >= 4 is 11.6 Å². The van der Waals surface area contributed by atoms with Gasteiger partial charge in [0, 0.05) is 5.02 Å². The summed E-state index contributed by atoms with van der Waals surface area (Å²) in [6, 6.07) is 17.9. The first kappa shape index (κ1) is 18.0. The molecule has 6 heteroatoms. The largest absolute Gasteiger partial charge is 0.497 e. The van der Waals surface area contributed by atoms with Crippen LogP contribution < -0.4 is 4.74 Å². The Labute approximate surface area is 157 Å². The van der Waals surface area contributed by atoms with Gasteiger partial charge in [-0.2, -0.15) is 10.4 Å². The van der Waals surface area contributed by atoms with E-state index in [2.05, 4.69) is 16.2 Å². The zero-order valence-corrected chi connectivity index (χ0v) is 15.2. The lowest BCUT2D eigenvalue weighted by Crippen LogP contribution is -2.31. The van der Waals surface area contributed by atoms with Crippen molar-refractivity contribution in [2.75, 3.05) is 7.11 Å². The zero-order chi connectivity index (χ0) is 18.4. The average molecular weight is 367 g/mol. The molecule has 0 amide bonds. The van der Waals surface area contributed by atoms with Gasteiger partial charge in [0.25, 0.3) is 0 Å². The van der Waals surface area contributed by atoms with Gasteiger partial charge >= 0.3 is 0 Å². The highest BCUT2D eigenvalue weighted by Crippen LogP contribution is 2.32. The van der Waals surface area contributed by atoms with Gasteiger partial charge in [-0.05, 0) is 48.2 Å². The Hall–Kier alpha value is -2.84.